The smallest absolute Gasteiger partial charge is 0.0717 e. The van der Waals surface area contributed by atoms with Gasteiger partial charge in [-0.25, -0.2) is 0 Å². The van der Waals surface area contributed by atoms with Gasteiger partial charge in [-0.05, 0) is 17.9 Å². The Morgan fingerprint density at radius 2 is 2.00 bits per heavy atom. The maximum atomic E-state index is 5.68. The summed E-state index contributed by atoms with van der Waals surface area (Å²) in [5.74, 6) is 6.20. The lowest BCUT2D eigenvalue weighted by atomic mass is 10.0. The van der Waals surface area contributed by atoms with Crippen LogP contribution in [0.4, 0.5) is 0 Å². The first-order valence-electron chi connectivity index (χ1n) is 6.34. The van der Waals surface area contributed by atoms with Gasteiger partial charge in [0.15, 0.2) is 0 Å². The van der Waals surface area contributed by atoms with Gasteiger partial charge in [0.1, 0.15) is 0 Å². The molecule has 0 spiro atoms. The lowest BCUT2D eigenvalue weighted by Crippen LogP contribution is -2.39. The number of benzene rings is 1. The van der Waals surface area contributed by atoms with E-state index in [-0.39, 0.29) is 6.04 Å². The first-order chi connectivity index (χ1) is 8.26. The van der Waals surface area contributed by atoms with Crippen LogP contribution >= 0.6 is 0 Å². The number of nitrogens with one attached hydrogen (secondary N) is 1. The monoisotopic (exact) mass is 236 g/mol. The zero-order valence-corrected chi connectivity index (χ0v) is 10.9. The van der Waals surface area contributed by atoms with E-state index in [9.17, 15) is 0 Å². The minimum Gasteiger partial charge on any atom is -0.375 e. The minimum atomic E-state index is 0.244. The highest BCUT2D eigenvalue weighted by molar-refractivity contribution is 5.13. The molecule has 0 aliphatic carbocycles. The zero-order valence-electron chi connectivity index (χ0n) is 10.9. The van der Waals surface area contributed by atoms with E-state index in [1.165, 1.54) is 12.0 Å². The third-order valence-electron chi connectivity index (χ3n) is 3.05. The molecule has 0 fully saturated rings. The van der Waals surface area contributed by atoms with Crippen LogP contribution in [0.3, 0.4) is 0 Å². The summed E-state index contributed by atoms with van der Waals surface area (Å²) in [4.78, 5) is 0. The molecule has 0 radical (unpaired) electrons. The zero-order chi connectivity index (χ0) is 12.5. The highest BCUT2D eigenvalue weighted by Gasteiger charge is 2.10. The van der Waals surface area contributed by atoms with E-state index in [1.54, 1.807) is 0 Å². The fourth-order valence-electron chi connectivity index (χ4n) is 1.73. The van der Waals surface area contributed by atoms with E-state index in [0.29, 0.717) is 19.1 Å². The molecule has 3 heteroatoms. The molecule has 0 saturated carbocycles. The molecule has 1 rings (SSSR count). The third kappa shape index (κ3) is 5.82. The molecule has 1 aromatic rings. The van der Waals surface area contributed by atoms with Crippen molar-refractivity contribution in [3.8, 4) is 0 Å². The van der Waals surface area contributed by atoms with Crippen molar-refractivity contribution < 1.29 is 4.74 Å². The fourth-order valence-corrected chi connectivity index (χ4v) is 1.73. The Labute approximate surface area is 104 Å². The lowest BCUT2D eigenvalue weighted by molar-refractivity contribution is 0.0919. The summed E-state index contributed by atoms with van der Waals surface area (Å²) in [6.45, 7) is 5.75. The summed E-state index contributed by atoms with van der Waals surface area (Å²) in [6, 6.07) is 10.4. The molecular weight excluding hydrogens is 212 g/mol. The Kier molecular flexibility index (Phi) is 6.86. The molecule has 1 aromatic carbocycles. The van der Waals surface area contributed by atoms with Crippen molar-refractivity contribution in [1.29, 1.82) is 0 Å². The summed E-state index contributed by atoms with van der Waals surface area (Å²) in [5, 5.41) is 0. The van der Waals surface area contributed by atoms with Crippen LogP contribution in [0, 0.1) is 5.92 Å². The number of hydrogen-bond donors (Lipinski definition) is 2. The van der Waals surface area contributed by atoms with Gasteiger partial charge in [0, 0.05) is 6.04 Å². The van der Waals surface area contributed by atoms with Crippen LogP contribution in [-0.4, -0.2) is 12.6 Å². The second-order valence-electron chi connectivity index (χ2n) is 4.61. The first kappa shape index (κ1) is 14.2. The highest BCUT2D eigenvalue weighted by Crippen LogP contribution is 2.10. The second kappa shape index (κ2) is 8.23. The SMILES string of the molecule is CCC(C)CC(COCc1ccccc1)NN. The van der Waals surface area contributed by atoms with Gasteiger partial charge >= 0.3 is 0 Å². The summed E-state index contributed by atoms with van der Waals surface area (Å²) in [5.41, 5.74) is 4.03. The average Bonchev–Trinajstić information content (AvgIpc) is 2.38. The molecule has 0 bridgehead atoms. The normalized spacial score (nSPS) is 14.5. The molecule has 3 nitrogen and oxygen atoms in total. The van der Waals surface area contributed by atoms with Gasteiger partial charge in [-0.15, -0.1) is 0 Å². The van der Waals surface area contributed by atoms with Crippen LogP contribution in [-0.2, 0) is 11.3 Å². The van der Waals surface area contributed by atoms with Crippen LogP contribution in [0.2, 0.25) is 0 Å². The van der Waals surface area contributed by atoms with E-state index < -0.39 is 0 Å². The minimum absolute atomic E-state index is 0.244. The van der Waals surface area contributed by atoms with Crippen LogP contribution < -0.4 is 11.3 Å². The molecular formula is C14H24N2O. The number of rotatable bonds is 8. The van der Waals surface area contributed by atoms with E-state index >= 15 is 0 Å². The van der Waals surface area contributed by atoms with Crippen molar-refractivity contribution in [2.24, 2.45) is 11.8 Å². The largest absolute Gasteiger partial charge is 0.375 e. The van der Waals surface area contributed by atoms with Crippen molar-refractivity contribution in [1.82, 2.24) is 5.43 Å². The van der Waals surface area contributed by atoms with Crippen molar-refractivity contribution >= 4 is 0 Å². The summed E-state index contributed by atoms with van der Waals surface area (Å²) >= 11 is 0. The molecule has 0 amide bonds. The molecule has 0 aliphatic heterocycles. The van der Waals surface area contributed by atoms with Crippen molar-refractivity contribution in [3.05, 3.63) is 35.9 Å². The van der Waals surface area contributed by atoms with Crippen molar-refractivity contribution in [3.63, 3.8) is 0 Å². The van der Waals surface area contributed by atoms with E-state index in [0.717, 1.165) is 6.42 Å². The predicted molar refractivity (Wildman–Crippen MR) is 71.3 cm³/mol. The molecule has 96 valence electrons. The standard InChI is InChI=1S/C14H24N2O/c1-3-12(2)9-14(16-15)11-17-10-13-7-5-4-6-8-13/h4-8,12,14,16H,3,9-11,15H2,1-2H3. The Balaban J connectivity index is 2.24. The number of ether oxygens (including phenoxy) is 1. The highest BCUT2D eigenvalue weighted by atomic mass is 16.5. The quantitative estimate of drug-likeness (QED) is 0.538. The van der Waals surface area contributed by atoms with Gasteiger partial charge in [0.25, 0.3) is 0 Å². The van der Waals surface area contributed by atoms with Gasteiger partial charge in [0.2, 0.25) is 0 Å². The van der Waals surface area contributed by atoms with Gasteiger partial charge in [-0.1, -0.05) is 50.6 Å². The summed E-state index contributed by atoms with van der Waals surface area (Å²) in [6.07, 6.45) is 2.23. The van der Waals surface area contributed by atoms with Crippen LogP contribution in [0.5, 0.6) is 0 Å². The van der Waals surface area contributed by atoms with Gasteiger partial charge < -0.3 is 4.74 Å². The maximum Gasteiger partial charge on any atom is 0.0717 e. The van der Waals surface area contributed by atoms with E-state index in [4.69, 9.17) is 10.6 Å². The van der Waals surface area contributed by atoms with Crippen LogP contribution in [0.1, 0.15) is 32.3 Å². The molecule has 0 heterocycles. The summed E-state index contributed by atoms with van der Waals surface area (Å²) < 4.78 is 5.68. The van der Waals surface area contributed by atoms with Crippen molar-refractivity contribution in [2.75, 3.05) is 6.61 Å². The second-order valence-corrected chi connectivity index (χ2v) is 4.61. The van der Waals surface area contributed by atoms with E-state index in [1.807, 2.05) is 18.2 Å². The number of hydrogen-bond acceptors (Lipinski definition) is 3. The topological polar surface area (TPSA) is 47.3 Å². The fraction of sp³-hybridized carbons (Fsp3) is 0.571. The van der Waals surface area contributed by atoms with Crippen molar-refractivity contribution in [2.45, 2.75) is 39.3 Å². The predicted octanol–water partition coefficient (Wildman–Crippen LogP) is 2.47. The lowest BCUT2D eigenvalue weighted by Gasteiger charge is -2.19. The van der Waals surface area contributed by atoms with Gasteiger partial charge in [-0.2, -0.15) is 0 Å². The Bertz CT molecular complexity index is 290. The van der Waals surface area contributed by atoms with Gasteiger partial charge in [-0.3, -0.25) is 11.3 Å². The number of nitrogens with two attached hydrogens (primary N) is 1. The molecule has 0 aliphatic rings. The van der Waals surface area contributed by atoms with E-state index in [2.05, 4.69) is 31.4 Å². The number of hydrazine groups is 1. The molecule has 0 aromatic heterocycles. The first-order valence-corrected chi connectivity index (χ1v) is 6.34. The molecule has 17 heavy (non-hydrogen) atoms. The Morgan fingerprint density at radius 1 is 1.29 bits per heavy atom. The van der Waals surface area contributed by atoms with Crippen LogP contribution in [0.15, 0.2) is 30.3 Å². The average molecular weight is 236 g/mol. The Morgan fingerprint density at radius 3 is 2.59 bits per heavy atom. The molecule has 0 saturated heterocycles. The van der Waals surface area contributed by atoms with Gasteiger partial charge in [0.05, 0.1) is 13.2 Å². The van der Waals surface area contributed by atoms with Crippen LogP contribution in [0.25, 0.3) is 0 Å². The maximum absolute atomic E-state index is 5.68. The summed E-state index contributed by atoms with van der Waals surface area (Å²) in [7, 11) is 0. The molecule has 2 atom stereocenters. The molecule has 3 N–H and O–H groups in total. The molecule has 2 unspecified atom stereocenters. The Hall–Kier alpha value is -0.900. The third-order valence-corrected chi connectivity index (χ3v) is 3.05.